The predicted molar refractivity (Wildman–Crippen MR) is 69.7 cm³/mol. The van der Waals surface area contributed by atoms with E-state index in [0.29, 0.717) is 6.04 Å². The van der Waals surface area contributed by atoms with Crippen molar-refractivity contribution in [1.82, 2.24) is 10.2 Å². The van der Waals surface area contributed by atoms with Gasteiger partial charge >= 0.3 is 0 Å². The molecule has 0 aromatic heterocycles. The molecule has 1 N–H and O–H groups in total. The van der Waals surface area contributed by atoms with E-state index in [1.807, 2.05) is 0 Å². The third-order valence-corrected chi connectivity index (χ3v) is 3.68. The van der Waals surface area contributed by atoms with E-state index in [-0.39, 0.29) is 0 Å². The van der Waals surface area contributed by atoms with Crippen LogP contribution in [0, 0.1) is 5.92 Å². The van der Waals surface area contributed by atoms with Crippen LogP contribution in [0.4, 0.5) is 0 Å². The van der Waals surface area contributed by atoms with Crippen molar-refractivity contribution in [3.8, 4) is 0 Å². The molecule has 0 radical (unpaired) electrons. The van der Waals surface area contributed by atoms with Gasteiger partial charge in [0.1, 0.15) is 0 Å². The van der Waals surface area contributed by atoms with Crippen molar-refractivity contribution in [1.29, 1.82) is 0 Å². The van der Waals surface area contributed by atoms with E-state index in [2.05, 4.69) is 24.1 Å². The Morgan fingerprint density at radius 3 is 2.44 bits per heavy atom. The van der Waals surface area contributed by atoms with Crippen molar-refractivity contribution in [3.63, 3.8) is 0 Å². The molecule has 2 nitrogen and oxygen atoms in total. The minimum absolute atomic E-state index is 0.644. The molecule has 94 valence electrons. The Hall–Kier alpha value is -0.0800. The Bertz CT molecular complexity index is 195. The zero-order valence-electron chi connectivity index (χ0n) is 11.0. The van der Waals surface area contributed by atoms with E-state index in [9.17, 15) is 0 Å². The van der Waals surface area contributed by atoms with Gasteiger partial charge in [-0.3, -0.25) is 0 Å². The number of hydrogen-bond donors (Lipinski definition) is 1. The van der Waals surface area contributed by atoms with Crippen LogP contribution >= 0.6 is 0 Å². The molecule has 0 amide bonds. The minimum Gasteiger partial charge on any atom is -0.315 e. The van der Waals surface area contributed by atoms with Gasteiger partial charge in [0.25, 0.3) is 0 Å². The molecule has 0 aromatic carbocycles. The van der Waals surface area contributed by atoms with Crippen LogP contribution in [-0.2, 0) is 0 Å². The standard InChI is InChI=1S/C14H28N2/c1-12(2)15-9-3-4-10-16(14-7-8-14)11-13-5-6-13/h12-15H,3-11H2,1-2H3. The average Bonchev–Trinajstić information content (AvgIpc) is 3.08. The summed E-state index contributed by atoms with van der Waals surface area (Å²) in [4.78, 5) is 2.77. The van der Waals surface area contributed by atoms with Gasteiger partial charge in [-0.2, -0.15) is 0 Å². The van der Waals surface area contributed by atoms with Crippen LogP contribution in [0.15, 0.2) is 0 Å². The lowest BCUT2D eigenvalue weighted by Gasteiger charge is -2.21. The second-order valence-corrected chi connectivity index (χ2v) is 5.99. The second kappa shape index (κ2) is 6.02. The number of unbranched alkanes of at least 4 members (excludes halogenated alkanes) is 1. The zero-order chi connectivity index (χ0) is 11.4. The first-order valence-corrected chi connectivity index (χ1v) is 7.23. The fourth-order valence-corrected chi connectivity index (χ4v) is 2.33. The Morgan fingerprint density at radius 1 is 1.12 bits per heavy atom. The highest BCUT2D eigenvalue weighted by molar-refractivity contribution is 4.88. The van der Waals surface area contributed by atoms with Crippen LogP contribution in [0.25, 0.3) is 0 Å². The molecule has 2 saturated carbocycles. The van der Waals surface area contributed by atoms with Crippen molar-refractivity contribution in [2.24, 2.45) is 5.92 Å². The van der Waals surface area contributed by atoms with Gasteiger partial charge < -0.3 is 10.2 Å². The molecule has 0 saturated heterocycles. The van der Waals surface area contributed by atoms with E-state index in [1.54, 1.807) is 0 Å². The highest BCUT2D eigenvalue weighted by atomic mass is 15.2. The molecule has 0 unspecified atom stereocenters. The summed E-state index contributed by atoms with van der Waals surface area (Å²) in [5.74, 6) is 1.06. The Balaban J connectivity index is 1.51. The molecular weight excluding hydrogens is 196 g/mol. The van der Waals surface area contributed by atoms with Crippen LogP contribution in [0.2, 0.25) is 0 Å². The lowest BCUT2D eigenvalue weighted by Crippen LogP contribution is -2.30. The van der Waals surface area contributed by atoms with E-state index in [4.69, 9.17) is 0 Å². The van der Waals surface area contributed by atoms with Crippen LogP contribution in [0.5, 0.6) is 0 Å². The summed E-state index contributed by atoms with van der Waals surface area (Å²) in [6.07, 6.45) is 8.65. The number of rotatable bonds is 9. The van der Waals surface area contributed by atoms with Crippen LogP contribution < -0.4 is 5.32 Å². The fourth-order valence-electron chi connectivity index (χ4n) is 2.33. The molecule has 0 aromatic rings. The van der Waals surface area contributed by atoms with Crippen LogP contribution in [-0.4, -0.2) is 36.6 Å². The normalized spacial score (nSPS) is 21.0. The SMILES string of the molecule is CC(C)NCCCCN(CC1CC1)C1CC1. The van der Waals surface area contributed by atoms with Gasteiger partial charge in [0.05, 0.1) is 0 Å². The van der Waals surface area contributed by atoms with Crippen LogP contribution in [0.3, 0.4) is 0 Å². The van der Waals surface area contributed by atoms with E-state index in [0.717, 1.165) is 12.0 Å². The van der Waals surface area contributed by atoms with E-state index < -0.39 is 0 Å². The predicted octanol–water partition coefficient (Wildman–Crippen LogP) is 2.64. The van der Waals surface area contributed by atoms with Crippen molar-refractivity contribution in [2.45, 2.75) is 64.5 Å². The van der Waals surface area contributed by atoms with Crippen molar-refractivity contribution >= 4 is 0 Å². The largest absolute Gasteiger partial charge is 0.315 e. The van der Waals surface area contributed by atoms with Gasteiger partial charge in [-0.25, -0.2) is 0 Å². The first-order chi connectivity index (χ1) is 7.75. The van der Waals surface area contributed by atoms with Gasteiger partial charge in [0, 0.05) is 18.6 Å². The Kier molecular flexibility index (Phi) is 4.66. The number of nitrogens with one attached hydrogen (secondary N) is 1. The molecule has 0 spiro atoms. The average molecular weight is 224 g/mol. The molecule has 2 heteroatoms. The third-order valence-electron chi connectivity index (χ3n) is 3.68. The first-order valence-electron chi connectivity index (χ1n) is 7.23. The Morgan fingerprint density at radius 2 is 1.88 bits per heavy atom. The molecule has 2 fully saturated rings. The highest BCUT2D eigenvalue weighted by Gasteiger charge is 2.32. The molecule has 0 heterocycles. The molecule has 16 heavy (non-hydrogen) atoms. The first kappa shape index (κ1) is 12.4. The third kappa shape index (κ3) is 4.84. The number of nitrogens with zero attached hydrogens (tertiary/aromatic N) is 1. The molecule has 2 rings (SSSR count). The van der Waals surface area contributed by atoms with Gasteiger partial charge in [0.15, 0.2) is 0 Å². The lowest BCUT2D eigenvalue weighted by molar-refractivity contribution is 0.247. The Labute approximate surface area is 101 Å². The summed E-state index contributed by atoms with van der Waals surface area (Å²) in [5.41, 5.74) is 0. The summed E-state index contributed by atoms with van der Waals surface area (Å²) < 4.78 is 0. The lowest BCUT2D eigenvalue weighted by atomic mass is 10.2. The second-order valence-electron chi connectivity index (χ2n) is 5.99. The maximum atomic E-state index is 3.50. The fraction of sp³-hybridized carbons (Fsp3) is 1.00. The maximum Gasteiger partial charge on any atom is 0.00965 e. The molecule has 2 aliphatic rings. The summed E-state index contributed by atoms with van der Waals surface area (Å²) >= 11 is 0. The quantitative estimate of drug-likeness (QED) is 0.606. The zero-order valence-corrected chi connectivity index (χ0v) is 11.0. The highest BCUT2D eigenvalue weighted by Crippen LogP contribution is 2.34. The van der Waals surface area contributed by atoms with Gasteiger partial charge in [-0.15, -0.1) is 0 Å². The minimum atomic E-state index is 0.644. The summed E-state index contributed by atoms with van der Waals surface area (Å²) in [5, 5.41) is 3.50. The summed E-state index contributed by atoms with van der Waals surface area (Å²) in [6, 6.07) is 1.62. The van der Waals surface area contributed by atoms with Gasteiger partial charge in [0.2, 0.25) is 0 Å². The molecule has 0 bridgehead atoms. The topological polar surface area (TPSA) is 15.3 Å². The van der Waals surface area contributed by atoms with Gasteiger partial charge in [-0.1, -0.05) is 13.8 Å². The molecule has 2 aliphatic carbocycles. The van der Waals surface area contributed by atoms with E-state index in [1.165, 1.54) is 58.2 Å². The van der Waals surface area contributed by atoms with Crippen molar-refractivity contribution in [2.75, 3.05) is 19.6 Å². The van der Waals surface area contributed by atoms with Crippen molar-refractivity contribution < 1.29 is 0 Å². The number of hydrogen-bond acceptors (Lipinski definition) is 2. The van der Waals surface area contributed by atoms with Gasteiger partial charge in [-0.05, 0) is 57.5 Å². The smallest absolute Gasteiger partial charge is 0.00965 e. The summed E-state index contributed by atoms with van der Waals surface area (Å²) in [7, 11) is 0. The van der Waals surface area contributed by atoms with Crippen LogP contribution in [0.1, 0.15) is 52.4 Å². The molecular formula is C14H28N2. The monoisotopic (exact) mass is 224 g/mol. The van der Waals surface area contributed by atoms with Crippen molar-refractivity contribution in [3.05, 3.63) is 0 Å². The van der Waals surface area contributed by atoms with E-state index >= 15 is 0 Å². The molecule has 0 aliphatic heterocycles. The maximum absolute atomic E-state index is 3.50. The molecule has 0 atom stereocenters. The summed E-state index contributed by atoms with van der Waals surface area (Å²) in [6.45, 7) is 8.40.